The van der Waals surface area contributed by atoms with Gasteiger partial charge in [-0.15, -0.1) is 0 Å². The largest absolute Gasteiger partial charge is 0.326 e. The Bertz CT molecular complexity index is 951. The van der Waals surface area contributed by atoms with Gasteiger partial charge in [-0.3, -0.25) is 9.59 Å². The highest BCUT2D eigenvalue weighted by Crippen LogP contribution is 2.24. The van der Waals surface area contributed by atoms with Gasteiger partial charge in [0.15, 0.2) is 0 Å². The van der Waals surface area contributed by atoms with Crippen molar-refractivity contribution >= 4 is 34.8 Å². The second-order valence-corrected chi connectivity index (χ2v) is 6.72. The first kappa shape index (κ1) is 18.7. The normalized spacial score (nSPS) is 10.7. The molecule has 1 aromatic heterocycles. The van der Waals surface area contributed by atoms with Crippen LogP contribution >= 0.6 is 11.6 Å². The lowest BCUT2D eigenvalue weighted by molar-refractivity contribution is -0.118. The quantitative estimate of drug-likeness (QED) is 0.687. The maximum Gasteiger partial charge on any atom is 0.255 e. The molecule has 7 heteroatoms. The topological polar surface area (TPSA) is 76.0 Å². The van der Waals surface area contributed by atoms with Crippen molar-refractivity contribution in [1.82, 2.24) is 9.55 Å². The molecule has 3 rings (SSSR count). The molecular formula is C20H19ClN4O2. The zero-order valence-electron chi connectivity index (χ0n) is 14.9. The van der Waals surface area contributed by atoms with E-state index in [4.69, 9.17) is 11.6 Å². The third-order valence-electron chi connectivity index (χ3n) is 3.93. The van der Waals surface area contributed by atoms with Crippen molar-refractivity contribution in [2.75, 3.05) is 10.6 Å². The fraction of sp³-hybridized carbons (Fsp3) is 0.150. The lowest BCUT2D eigenvalue weighted by Crippen LogP contribution is -2.18. The highest BCUT2D eigenvalue weighted by Gasteiger charge is 2.10. The average molecular weight is 383 g/mol. The van der Waals surface area contributed by atoms with Crippen molar-refractivity contribution < 1.29 is 9.59 Å². The molecule has 0 radical (unpaired) electrons. The molecule has 0 aliphatic heterocycles. The molecule has 0 aliphatic carbocycles. The third-order valence-corrected chi connectivity index (χ3v) is 4.23. The van der Waals surface area contributed by atoms with Crippen LogP contribution in [0.2, 0.25) is 5.02 Å². The first-order valence-corrected chi connectivity index (χ1v) is 8.82. The zero-order chi connectivity index (χ0) is 19.4. The van der Waals surface area contributed by atoms with Crippen molar-refractivity contribution in [2.24, 2.45) is 5.92 Å². The van der Waals surface area contributed by atoms with Gasteiger partial charge in [-0.2, -0.15) is 0 Å². The summed E-state index contributed by atoms with van der Waals surface area (Å²) >= 11 is 6.30. The Hall–Kier alpha value is -3.12. The second-order valence-electron chi connectivity index (χ2n) is 6.31. The average Bonchev–Trinajstić information content (AvgIpc) is 3.16. The van der Waals surface area contributed by atoms with Crippen LogP contribution in [0.4, 0.5) is 11.4 Å². The number of carbonyl (C=O) groups is 2. The van der Waals surface area contributed by atoms with E-state index in [1.807, 2.05) is 19.9 Å². The molecule has 6 nitrogen and oxygen atoms in total. The van der Waals surface area contributed by atoms with Crippen LogP contribution in [-0.2, 0) is 4.79 Å². The van der Waals surface area contributed by atoms with Crippen LogP contribution < -0.4 is 10.6 Å². The third kappa shape index (κ3) is 4.54. The monoisotopic (exact) mass is 382 g/mol. The number of aromatic nitrogens is 2. The highest BCUT2D eigenvalue weighted by atomic mass is 35.5. The number of halogens is 1. The number of nitrogens with one attached hydrogen (secondary N) is 2. The molecule has 1 heterocycles. The van der Waals surface area contributed by atoms with E-state index in [0.29, 0.717) is 22.0 Å². The summed E-state index contributed by atoms with van der Waals surface area (Å²) in [6, 6.07) is 12.0. The Morgan fingerprint density at radius 1 is 1.04 bits per heavy atom. The molecule has 2 N–H and O–H groups in total. The van der Waals surface area contributed by atoms with Crippen molar-refractivity contribution in [2.45, 2.75) is 13.8 Å². The van der Waals surface area contributed by atoms with Crippen molar-refractivity contribution in [3.05, 3.63) is 71.8 Å². The number of nitrogens with zero attached hydrogens (tertiary/aromatic N) is 2. The summed E-state index contributed by atoms with van der Waals surface area (Å²) in [4.78, 5) is 28.1. The minimum Gasteiger partial charge on any atom is -0.326 e. The van der Waals surface area contributed by atoms with E-state index in [1.165, 1.54) is 0 Å². The Kier molecular flexibility index (Phi) is 5.57. The predicted molar refractivity (Wildman–Crippen MR) is 106 cm³/mol. The van der Waals surface area contributed by atoms with Crippen LogP contribution in [-0.4, -0.2) is 21.4 Å². The molecule has 0 atom stereocenters. The number of rotatable bonds is 5. The van der Waals surface area contributed by atoms with Gasteiger partial charge < -0.3 is 15.2 Å². The standard InChI is InChI=1S/C20H19ClN4O2/c1-13(2)19(26)23-15-5-3-14(4-6-15)20(27)24-16-7-8-18(17(21)11-16)25-10-9-22-12-25/h3-13H,1-2H3,(H,23,26)(H,24,27). The first-order valence-electron chi connectivity index (χ1n) is 8.44. The van der Waals surface area contributed by atoms with Gasteiger partial charge in [0, 0.05) is 35.2 Å². The van der Waals surface area contributed by atoms with Crippen LogP contribution in [0.3, 0.4) is 0 Å². The highest BCUT2D eigenvalue weighted by molar-refractivity contribution is 6.32. The predicted octanol–water partition coefficient (Wildman–Crippen LogP) is 4.37. The number of anilines is 2. The van der Waals surface area contributed by atoms with E-state index in [9.17, 15) is 9.59 Å². The van der Waals surface area contributed by atoms with Crippen LogP contribution in [0.15, 0.2) is 61.2 Å². The Morgan fingerprint density at radius 3 is 2.33 bits per heavy atom. The Balaban J connectivity index is 1.68. The van der Waals surface area contributed by atoms with E-state index in [2.05, 4.69) is 15.6 Å². The fourth-order valence-corrected chi connectivity index (χ4v) is 2.67. The number of hydrogen-bond acceptors (Lipinski definition) is 3. The molecular weight excluding hydrogens is 364 g/mol. The van der Waals surface area contributed by atoms with E-state index < -0.39 is 0 Å². The molecule has 0 fully saturated rings. The van der Waals surface area contributed by atoms with Crippen LogP contribution in [0.25, 0.3) is 5.69 Å². The number of imidazole rings is 1. The minimum absolute atomic E-state index is 0.0696. The molecule has 0 saturated heterocycles. The van der Waals surface area contributed by atoms with Gasteiger partial charge in [-0.05, 0) is 42.5 Å². The summed E-state index contributed by atoms with van der Waals surface area (Å²) in [6.45, 7) is 3.64. The maximum atomic E-state index is 12.4. The molecule has 138 valence electrons. The smallest absolute Gasteiger partial charge is 0.255 e. The lowest BCUT2D eigenvalue weighted by Gasteiger charge is -2.10. The summed E-state index contributed by atoms with van der Waals surface area (Å²) < 4.78 is 1.79. The Morgan fingerprint density at radius 2 is 1.74 bits per heavy atom. The summed E-state index contributed by atoms with van der Waals surface area (Å²) in [5.74, 6) is -0.439. The number of carbonyl (C=O) groups excluding carboxylic acids is 2. The van der Waals surface area contributed by atoms with Crippen molar-refractivity contribution in [3.63, 3.8) is 0 Å². The van der Waals surface area contributed by atoms with Gasteiger partial charge in [-0.25, -0.2) is 4.98 Å². The summed E-state index contributed by atoms with van der Waals surface area (Å²) in [6.07, 6.45) is 5.11. The summed E-state index contributed by atoms with van der Waals surface area (Å²) in [5.41, 5.74) is 2.49. The molecule has 0 bridgehead atoms. The van der Waals surface area contributed by atoms with Crippen LogP contribution in [0.1, 0.15) is 24.2 Å². The molecule has 0 spiro atoms. The molecule has 0 unspecified atom stereocenters. The maximum absolute atomic E-state index is 12.4. The Labute approximate surface area is 162 Å². The fourth-order valence-electron chi connectivity index (χ4n) is 2.39. The SMILES string of the molecule is CC(C)C(=O)Nc1ccc(C(=O)Nc2ccc(-n3ccnc3)c(Cl)c2)cc1. The molecule has 27 heavy (non-hydrogen) atoms. The molecule has 2 aromatic carbocycles. The van der Waals surface area contributed by atoms with E-state index in [0.717, 1.165) is 5.69 Å². The van der Waals surface area contributed by atoms with Gasteiger partial charge >= 0.3 is 0 Å². The number of hydrogen-bond donors (Lipinski definition) is 2. The van der Waals surface area contributed by atoms with Gasteiger partial charge in [0.05, 0.1) is 17.0 Å². The summed E-state index contributed by atoms with van der Waals surface area (Å²) in [5, 5.41) is 6.10. The second kappa shape index (κ2) is 8.05. The van der Waals surface area contributed by atoms with E-state index in [-0.39, 0.29) is 17.7 Å². The lowest BCUT2D eigenvalue weighted by atomic mass is 10.1. The summed E-state index contributed by atoms with van der Waals surface area (Å²) in [7, 11) is 0. The van der Waals surface area contributed by atoms with E-state index in [1.54, 1.807) is 59.7 Å². The van der Waals surface area contributed by atoms with Crippen LogP contribution in [0, 0.1) is 5.92 Å². The van der Waals surface area contributed by atoms with E-state index >= 15 is 0 Å². The number of amides is 2. The minimum atomic E-state index is -0.261. The van der Waals surface area contributed by atoms with Gasteiger partial charge in [0.1, 0.15) is 0 Å². The van der Waals surface area contributed by atoms with Gasteiger partial charge in [0.25, 0.3) is 5.91 Å². The van der Waals surface area contributed by atoms with Gasteiger partial charge in [0.2, 0.25) is 5.91 Å². The van der Waals surface area contributed by atoms with Gasteiger partial charge in [-0.1, -0.05) is 25.4 Å². The molecule has 0 saturated carbocycles. The zero-order valence-corrected chi connectivity index (χ0v) is 15.7. The van der Waals surface area contributed by atoms with Crippen LogP contribution in [0.5, 0.6) is 0 Å². The molecule has 2 amide bonds. The molecule has 0 aliphatic rings. The number of benzene rings is 2. The van der Waals surface area contributed by atoms with Crippen molar-refractivity contribution in [3.8, 4) is 5.69 Å². The molecule has 3 aromatic rings. The first-order chi connectivity index (χ1) is 12.9. The van der Waals surface area contributed by atoms with Crippen molar-refractivity contribution in [1.29, 1.82) is 0 Å².